The topological polar surface area (TPSA) is 57.3 Å². The lowest BCUT2D eigenvalue weighted by Gasteiger charge is -2.13. The zero-order valence-electron chi connectivity index (χ0n) is 13.6. The second kappa shape index (κ2) is 6.99. The lowest BCUT2D eigenvalue weighted by Crippen LogP contribution is -2.20. The summed E-state index contributed by atoms with van der Waals surface area (Å²) in [5.41, 5.74) is 1.98. The first kappa shape index (κ1) is 15.7. The first-order valence-corrected chi connectivity index (χ1v) is 8.21. The highest BCUT2D eigenvalue weighted by molar-refractivity contribution is 5.89. The molecule has 2 aromatic carbocycles. The van der Waals surface area contributed by atoms with Gasteiger partial charge in [0.15, 0.2) is 11.9 Å². The van der Waals surface area contributed by atoms with Gasteiger partial charge in [-0.15, -0.1) is 0 Å². The highest BCUT2D eigenvalue weighted by Gasteiger charge is 2.48. The molecular weight excluding hydrogens is 320 g/mol. The molecule has 0 spiro atoms. The fourth-order valence-corrected chi connectivity index (χ4v) is 2.67. The Kier molecular flexibility index (Phi) is 4.39. The van der Waals surface area contributed by atoms with Crippen LogP contribution in [0.5, 0.6) is 0 Å². The van der Waals surface area contributed by atoms with Crippen LogP contribution < -0.4 is 0 Å². The van der Waals surface area contributed by atoms with E-state index in [4.69, 9.17) is 18.9 Å². The van der Waals surface area contributed by atoms with Crippen molar-refractivity contribution in [3.63, 3.8) is 0 Å². The van der Waals surface area contributed by atoms with Crippen molar-refractivity contribution in [3.05, 3.63) is 83.3 Å². The van der Waals surface area contributed by atoms with E-state index in [0.29, 0.717) is 19.0 Å². The van der Waals surface area contributed by atoms with Crippen LogP contribution in [0.15, 0.2) is 72.2 Å². The first-order valence-electron chi connectivity index (χ1n) is 8.21. The lowest BCUT2D eigenvalue weighted by molar-refractivity contribution is -0.144. The van der Waals surface area contributed by atoms with Gasteiger partial charge in [0, 0.05) is 0 Å². The average molecular weight is 338 g/mol. The van der Waals surface area contributed by atoms with Crippen molar-refractivity contribution in [1.82, 2.24) is 0 Å². The van der Waals surface area contributed by atoms with Crippen LogP contribution in [0.2, 0.25) is 0 Å². The Balaban J connectivity index is 1.51. The standard InChI is InChI=1S/C20H18O5/c21-20-19(24-12-15-9-5-2-6-10-15)18(17(25-20)16-13-22-16)23-11-14-7-3-1-4-8-14/h1-10,16-17H,11-13H2/t16-,17+/m0/s1. The highest BCUT2D eigenvalue weighted by atomic mass is 16.7. The van der Waals surface area contributed by atoms with Crippen LogP contribution in [-0.2, 0) is 37.0 Å². The minimum absolute atomic E-state index is 0.139. The molecule has 2 atom stereocenters. The molecule has 2 aliphatic rings. The molecule has 25 heavy (non-hydrogen) atoms. The fraction of sp³-hybridized carbons (Fsp3) is 0.250. The van der Waals surface area contributed by atoms with Crippen molar-refractivity contribution in [1.29, 1.82) is 0 Å². The van der Waals surface area contributed by atoms with Gasteiger partial charge in [-0.25, -0.2) is 4.79 Å². The summed E-state index contributed by atoms with van der Waals surface area (Å²) in [6.07, 6.45) is -0.672. The largest absolute Gasteiger partial charge is 0.485 e. The Labute approximate surface area is 145 Å². The molecule has 1 fully saturated rings. The van der Waals surface area contributed by atoms with Crippen LogP contribution in [0.1, 0.15) is 11.1 Å². The van der Waals surface area contributed by atoms with Gasteiger partial charge in [0.05, 0.1) is 6.61 Å². The molecule has 0 radical (unpaired) electrons. The maximum absolute atomic E-state index is 12.2. The first-order chi connectivity index (χ1) is 12.3. The summed E-state index contributed by atoms with van der Waals surface area (Å²) in [6.45, 7) is 1.18. The van der Waals surface area contributed by atoms with Gasteiger partial charge in [0.2, 0.25) is 5.76 Å². The molecule has 128 valence electrons. The van der Waals surface area contributed by atoms with Crippen LogP contribution in [0.3, 0.4) is 0 Å². The Morgan fingerprint density at radius 3 is 2.00 bits per heavy atom. The summed E-state index contributed by atoms with van der Waals surface area (Å²) in [5.74, 6) is 0.0621. The van der Waals surface area contributed by atoms with Crippen molar-refractivity contribution in [2.45, 2.75) is 25.4 Å². The van der Waals surface area contributed by atoms with Gasteiger partial charge < -0.3 is 18.9 Å². The summed E-state index contributed by atoms with van der Waals surface area (Å²) < 4.78 is 22.3. The third kappa shape index (κ3) is 3.67. The number of ether oxygens (including phenoxy) is 4. The molecule has 5 nitrogen and oxygen atoms in total. The zero-order valence-corrected chi connectivity index (χ0v) is 13.6. The molecule has 0 aliphatic carbocycles. The lowest BCUT2D eigenvalue weighted by atomic mass is 10.2. The quantitative estimate of drug-likeness (QED) is 0.574. The molecule has 0 bridgehead atoms. The number of benzene rings is 2. The van der Waals surface area contributed by atoms with Crippen LogP contribution in [-0.4, -0.2) is 24.8 Å². The van der Waals surface area contributed by atoms with Crippen LogP contribution in [0, 0.1) is 0 Å². The predicted molar refractivity (Wildman–Crippen MR) is 89.1 cm³/mol. The number of epoxide rings is 1. The van der Waals surface area contributed by atoms with Gasteiger partial charge in [-0.05, 0) is 11.1 Å². The monoisotopic (exact) mass is 338 g/mol. The number of carbonyl (C=O) groups excluding carboxylic acids is 1. The molecule has 2 aromatic rings. The Hall–Kier alpha value is -2.79. The molecule has 0 N–H and O–H groups in total. The van der Waals surface area contributed by atoms with E-state index in [1.165, 1.54) is 0 Å². The summed E-state index contributed by atoms with van der Waals surface area (Å²) in [5, 5.41) is 0. The van der Waals surface area contributed by atoms with Gasteiger partial charge in [-0.3, -0.25) is 0 Å². The number of esters is 1. The van der Waals surface area contributed by atoms with E-state index in [9.17, 15) is 4.79 Å². The Morgan fingerprint density at radius 1 is 0.880 bits per heavy atom. The molecule has 4 rings (SSSR count). The molecule has 0 amide bonds. The van der Waals surface area contributed by atoms with E-state index < -0.39 is 12.1 Å². The maximum Gasteiger partial charge on any atom is 0.378 e. The van der Waals surface area contributed by atoms with E-state index in [1.54, 1.807) is 0 Å². The number of rotatable bonds is 7. The summed E-state index contributed by atoms with van der Waals surface area (Å²) >= 11 is 0. The number of cyclic esters (lactones) is 1. The molecule has 1 saturated heterocycles. The minimum atomic E-state index is -0.526. The summed E-state index contributed by atoms with van der Waals surface area (Å²) in [4.78, 5) is 12.2. The van der Waals surface area contributed by atoms with Gasteiger partial charge in [0.1, 0.15) is 19.3 Å². The number of carbonyl (C=O) groups is 1. The van der Waals surface area contributed by atoms with E-state index in [2.05, 4.69) is 0 Å². The van der Waals surface area contributed by atoms with Crippen molar-refractivity contribution in [2.24, 2.45) is 0 Å². The van der Waals surface area contributed by atoms with Crippen molar-refractivity contribution in [2.75, 3.05) is 6.61 Å². The third-order valence-corrected chi connectivity index (χ3v) is 4.06. The number of hydrogen-bond acceptors (Lipinski definition) is 5. The molecule has 0 saturated carbocycles. The van der Waals surface area contributed by atoms with Gasteiger partial charge in [-0.1, -0.05) is 60.7 Å². The van der Waals surface area contributed by atoms with E-state index in [1.807, 2.05) is 60.7 Å². The zero-order chi connectivity index (χ0) is 17.1. The van der Waals surface area contributed by atoms with Crippen molar-refractivity contribution >= 4 is 5.97 Å². The molecule has 0 unspecified atom stereocenters. The minimum Gasteiger partial charge on any atom is -0.485 e. The van der Waals surface area contributed by atoms with E-state index in [-0.39, 0.29) is 18.5 Å². The second-order valence-corrected chi connectivity index (χ2v) is 5.94. The maximum atomic E-state index is 12.2. The summed E-state index contributed by atoms with van der Waals surface area (Å²) in [7, 11) is 0. The second-order valence-electron chi connectivity index (χ2n) is 5.94. The molecule has 2 aliphatic heterocycles. The fourth-order valence-electron chi connectivity index (χ4n) is 2.67. The summed E-state index contributed by atoms with van der Waals surface area (Å²) in [6, 6.07) is 19.4. The van der Waals surface area contributed by atoms with Gasteiger partial charge in [-0.2, -0.15) is 0 Å². The van der Waals surface area contributed by atoms with Crippen LogP contribution in [0.4, 0.5) is 0 Å². The van der Waals surface area contributed by atoms with E-state index in [0.717, 1.165) is 11.1 Å². The molecule has 0 aromatic heterocycles. The van der Waals surface area contributed by atoms with E-state index >= 15 is 0 Å². The average Bonchev–Trinajstić information content (AvgIpc) is 3.45. The molecular formula is C20H18O5. The molecule has 5 heteroatoms. The SMILES string of the molecule is O=C1O[C@H]([C@@H]2CO2)C(OCc2ccccc2)=C1OCc1ccccc1. The van der Waals surface area contributed by atoms with Gasteiger partial charge >= 0.3 is 5.97 Å². The molecule has 2 heterocycles. The third-order valence-electron chi connectivity index (χ3n) is 4.06. The van der Waals surface area contributed by atoms with Crippen LogP contribution >= 0.6 is 0 Å². The normalized spacial score (nSPS) is 21.8. The van der Waals surface area contributed by atoms with Crippen molar-refractivity contribution < 1.29 is 23.7 Å². The Morgan fingerprint density at radius 2 is 1.44 bits per heavy atom. The Bertz CT molecular complexity index is 765. The number of hydrogen-bond donors (Lipinski definition) is 0. The predicted octanol–water partition coefficient (Wildman–Crippen LogP) is 2.96. The van der Waals surface area contributed by atoms with Crippen molar-refractivity contribution in [3.8, 4) is 0 Å². The smallest absolute Gasteiger partial charge is 0.378 e. The van der Waals surface area contributed by atoms with Gasteiger partial charge in [0.25, 0.3) is 0 Å². The highest BCUT2D eigenvalue weighted by Crippen LogP contribution is 2.33. The van der Waals surface area contributed by atoms with Crippen LogP contribution in [0.25, 0.3) is 0 Å².